The van der Waals surface area contributed by atoms with Gasteiger partial charge in [-0.1, -0.05) is 231 Å². The van der Waals surface area contributed by atoms with Gasteiger partial charge in [-0.3, -0.25) is 9.36 Å². The fraction of sp³-hybridized carbons (Fsp3) is 0.943. The molecule has 0 spiro atoms. The van der Waals surface area contributed by atoms with Crippen LogP contribution < -0.4 is 4.89 Å². The van der Waals surface area contributed by atoms with Gasteiger partial charge in [0.05, 0.1) is 34.4 Å². The molecule has 0 amide bonds. The summed E-state index contributed by atoms with van der Waals surface area (Å²) in [5.41, 5.74) is 0. The van der Waals surface area contributed by atoms with Crippen molar-refractivity contribution in [2.75, 3.05) is 54.1 Å². The van der Waals surface area contributed by atoms with Crippen molar-refractivity contribution in [3.8, 4) is 0 Å². The van der Waals surface area contributed by atoms with Crippen LogP contribution in [0.25, 0.3) is 0 Å². The number of unbranched alkanes of at least 4 members (excludes halogenated alkanes) is 35. The zero-order chi connectivity index (χ0) is 45.5. The lowest BCUT2D eigenvalue weighted by Crippen LogP contribution is -2.37. The maximum absolute atomic E-state index is 12.7. The number of phosphoric ester groups is 1. The van der Waals surface area contributed by atoms with Gasteiger partial charge in [-0.25, -0.2) is 0 Å². The molecule has 0 aromatic rings. The molecule has 0 aromatic heterocycles. The van der Waals surface area contributed by atoms with Crippen molar-refractivity contribution in [2.24, 2.45) is 0 Å². The molecule has 2 atom stereocenters. The summed E-state index contributed by atoms with van der Waals surface area (Å²) in [4.78, 5) is 25.1. The van der Waals surface area contributed by atoms with Gasteiger partial charge in [-0.2, -0.15) is 0 Å². The van der Waals surface area contributed by atoms with Crippen LogP contribution in [0.15, 0.2) is 12.2 Å². The summed E-state index contributed by atoms with van der Waals surface area (Å²) in [6.45, 7) is 5.45. The predicted molar refractivity (Wildman–Crippen MR) is 264 cm³/mol. The third-order valence-corrected chi connectivity index (χ3v) is 13.0. The zero-order valence-electron chi connectivity index (χ0n) is 42.1. The van der Waals surface area contributed by atoms with E-state index in [0.717, 1.165) is 44.9 Å². The molecule has 9 heteroatoms. The van der Waals surface area contributed by atoms with Gasteiger partial charge in [0.15, 0.2) is 0 Å². The molecule has 0 heterocycles. The fourth-order valence-corrected chi connectivity index (χ4v) is 8.63. The average Bonchev–Trinajstić information content (AvgIpc) is 3.23. The molecule has 370 valence electrons. The number of quaternary nitrogens is 1. The Kier molecular flexibility index (Phi) is 46.2. The van der Waals surface area contributed by atoms with Gasteiger partial charge in [0.1, 0.15) is 19.3 Å². The molecular weight excluding hydrogens is 794 g/mol. The van der Waals surface area contributed by atoms with Gasteiger partial charge in [-0.05, 0) is 38.5 Å². The average molecular weight is 900 g/mol. The minimum absolute atomic E-state index is 0.0280. The van der Waals surface area contributed by atoms with Crippen molar-refractivity contribution in [2.45, 2.75) is 270 Å². The minimum Gasteiger partial charge on any atom is -0.756 e. The first-order valence-corrected chi connectivity index (χ1v) is 28.4. The molecule has 0 N–H and O–H groups in total. The molecule has 62 heavy (non-hydrogen) atoms. The van der Waals surface area contributed by atoms with Gasteiger partial charge in [-0.15, -0.1) is 0 Å². The Bertz CT molecular complexity index is 1000. The molecule has 2 unspecified atom stereocenters. The van der Waals surface area contributed by atoms with E-state index in [-0.39, 0.29) is 25.8 Å². The second-order valence-corrected chi connectivity index (χ2v) is 21.0. The summed E-state index contributed by atoms with van der Waals surface area (Å²) in [7, 11) is 1.37. The normalized spacial score (nSPS) is 13.6. The van der Waals surface area contributed by atoms with Gasteiger partial charge in [0.2, 0.25) is 0 Å². The smallest absolute Gasteiger partial charge is 0.306 e. The Hall–Kier alpha value is -0.760. The number of hydrogen-bond donors (Lipinski definition) is 0. The van der Waals surface area contributed by atoms with E-state index in [0.29, 0.717) is 24.1 Å². The molecule has 0 aliphatic carbocycles. The number of nitrogens with zero attached hydrogens (tertiary/aromatic N) is 1. The van der Waals surface area contributed by atoms with E-state index in [9.17, 15) is 14.3 Å². The molecule has 0 fully saturated rings. The van der Waals surface area contributed by atoms with Crippen LogP contribution in [0.2, 0.25) is 0 Å². The van der Waals surface area contributed by atoms with Crippen LogP contribution >= 0.6 is 7.82 Å². The van der Waals surface area contributed by atoms with Crippen molar-refractivity contribution in [3.05, 3.63) is 12.2 Å². The molecular formula is C53H106NO7P. The van der Waals surface area contributed by atoms with Crippen molar-refractivity contribution in [3.63, 3.8) is 0 Å². The highest BCUT2D eigenvalue weighted by molar-refractivity contribution is 7.45. The summed E-state index contributed by atoms with van der Waals surface area (Å²) in [6.07, 6.45) is 53.9. The highest BCUT2D eigenvalue weighted by Gasteiger charge is 2.20. The highest BCUT2D eigenvalue weighted by atomic mass is 31.2. The third kappa shape index (κ3) is 50.2. The van der Waals surface area contributed by atoms with Crippen molar-refractivity contribution in [1.82, 2.24) is 0 Å². The maximum atomic E-state index is 12.7. The summed E-state index contributed by atoms with van der Waals surface area (Å²) >= 11 is 0. The molecule has 0 saturated carbocycles. The largest absolute Gasteiger partial charge is 0.756 e. The molecule has 0 rings (SSSR count). The van der Waals surface area contributed by atoms with Crippen LogP contribution in [-0.2, 0) is 27.9 Å². The standard InChI is InChI=1S/C53H106NO7P/c1-6-8-10-12-14-16-18-20-22-23-24-25-26-27-28-29-30-31-32-33-35-37-39-41-43-45-48-58-50-52(51-60-62(56,57)59-49-47-54(3,4)5)61-53(55)46-44-42-40-38-36-34-21-19-17-15-13-11-9-7-2/h19,21,52H,6-18,20,22-51H2,1-5H3/b21-19-. The summed E-state index contributed by atoms with van der Waals surface area (Å²) in [6, 6.07) is 0. The monoisotopic (exact) mass is 900 g/mol. The first kappa shape index (κ1) is 61.2. The van der Waals surface area contributed by atoms with Crippen LogP contribution in [0.3, 0.4) is 0 Å². The quantitative estimate of drug-likeness (QED) is 0.0197. The third-order valence-electron chi connectivity index (χ3n) is 12.1. The summed E-state index contributed by atoms with van der Waals surface area (Å²) in [5, 5.41) is 0. The Morgan fingerprint density at radius 3 is 1.23 bits per heavy atom. The molecule has 8 nitrogen and oxygen atoms in total. The van der Waals surface area contributed by atoms with E-state index < -0.39 is 13.9 Å². The van der Waals surface area contributed by atoms with Crippen LogP contribution in [0.4, 0.5) is 0 Å². The molecule has 0 radical (unpaired) electrons. The SMILES string of the molecule is CCCCCCC/C=C\CCCCCCCC(=O)OC(COCCCCCCCCCCCCCCCCCCCCCCCCCCCC)COP(=O)([O-])OCC[N+](C)(C)C. The maximum Gasteiger partial charge on any atom is 0.306 e. The number of allylic oxidation sites excluding steroid dienone is 2. The van der Waals surface area contributed by atoms with Crippen LogP contribution in [0.5, 0.6) is 0 Å². The van der Waals surface area contributed by atoms with Gasteiger partial charge in [0.25, 0.3) is 7.82 Å². The van der Waals surface area contributed by atoms with E-state index in [1.165, 1.54) is 199 Å². The number of carbonyl (C=O) groups excluding carboxylic acids is 1. The zero-order valence-corrected chi connectivity index (χ0v) is 43.0. The van der Waals surface area contributed by atoms with Crippen molar-refractivity contribution in [1.29, 1.82) is 0 Å². The first-order valence-electron chi connectivity index (χ1n) is 26.9. The molecule has 0 aliphatic rings. The van der Waals surface area contributed by atoms with Gasteiger partial charge >= 0.3 is 5.97 Å². The Labute approximate surface area is 386 Å². The van der Waals surface area contributed by atoms with Crippen LogP contribution in [0.1, 0.15) is 264 Å². The topological polar surface area (TPSA) is 94.1 Å². The second kappa shape index (κ2) is 46.8. The molecule has 0 bridgehead atoms. The van der Waals surface area contributed by atoms with Gasteiger partial charge in [0, 0.05) is 13.0 Å². The number of phosphoric acid groups is 1. The fourth-order valence-electron chi connectivity index (χ4n) is 7.90. The Balaban J connectivity index is 3.99. The summed E-state index contributed by atoms with van der Waals surface area (Å²) < 4.78 is 34.7. The van der Waals surface area contributed by atoms with Crippen molar-refractivity contribution < 1.29 is 37.3 Å². The lowest BCUT2D eigenvalue weighted by atomic mass is 10.0. The molecule has 0 aromatic carbocycles. The minimum atomic E-state index is -4.53. The predicted octanol–water partition coefficient (Wildman–Crippen LogP) is 15.9. The number of ether oxygens (including phenoxy) is 2. The number of esters is 1. The molecule has 0 aliphatic heterocycles. The Morgan fingerprint density at radius 1 is 0.484 bits per heavy atom. The van der Waals surface area contributed by atoms with E-state index >= 15 is 0 Å². The summed E-state index contributed by atoms with van der Waals surface area (Å²) in [5.74, 6) is -0.337. The van der Waals surface area contributed by atoms with E-state index in [4.69, 9.17) is 18.5 Å². The number of hydrogen-bond acceptors (Lipinski definition) is 7. The number of carbonyl (C=O) groups is 1. The number of rotatable bonds is 51. The van der Waals surface area contributed by atoms with E-state index in [1.54, 1.807) is 0 Å². The molecule has 0 saturated heterocycles. The van der Waals surface area contributed by atoms with Crippen molar-refractivity contribution >= 4 is 13.8 Å². The Morgan fingerprint density at radius 2 is 0.839 bits per heavy atom. The van der Waals surface area contributed by atoms with E-state index in [2.05, 4.69) is 26.0 Å². The highest BCUT2D eigenvalue weighted by Crippen LogP contribution is 2.38. The lowest BCUT2D eigenvalue weighted by Gasteiger charge is -2.28. The lowest BCUT2D eigenvalue weighted by molar-refractivity contribution is -0.870. The number of likely N-dealkylation sites (N-methyl/N-ethyl adjacent to an activating group) is 1. The second-order valence-electron chi connectivity index (χ2n) is 19.6. The van der Waals surface area contributed by atoms with E-state index in [1.807, 2.05) is 21.1 Å². The van der Waals surface area contributed by atoms with Crippen LogP contribution in [0, 0.1) is 0 Å². The first-order chi connectivity index (χ1) is 30.1. The van der Waals surface area contributed by atoms with Crippen LogP contribution in [-0.4, -0.2) is 70.7 Å². The van der Waals surface area contributed by atoms with Gasteiger partial charge < -0.3 is 27.9 Å².